The number of pyridine rings is 1. The first kappa shape index (κ1) is 23.4. The molecule has 0 N–H and O–H groups in total. The predicted molar refractivity (Wildman–Crippen MR) is 125 cm³/mol. The molecule has 0 radical (unpaired) electrons. The average Bonchev–Trinajstić information content (AvgIpc) is 2.76. The first-order chi connectivity index (χ1) is 14.3. The highest BCUT2D eigenvalue weighted by molar-refractivity contribution is 5.28. The normalized spacial score (nSPS) is 11.0. The summed E-state index contributed by atoms with van der Waals surface area (Å²) in [5, 5.41) is 0. The largest absolute Gasteiger partial charge is 0.494 e. The Hall–Kier alpha value is -1.83. The number of rotatable bonds is 16. The number of nitrogens with zero attached hydrogens (tertiary/aromatic N) is 1. The van der Waals surface area contributed by atoms with E-state index >= 15 is 0 Å². The van der Waals surface area contributed by atoms with Crippen molar-refractivity contribution in [3.63, 3.8) is 0 Å². The maximum atomic E-state index is 5.88. The third-order valence-corrected chi connectivity index (χ3v) is 5.56. The zero-order valence-electron chi connectivity index (χ0n) is 18.8. The molecule has 0 spiro atoms. The van der Waals surface area contributed by atoms with E-state index in [1.54, 1.807) is 0 Å². The molecule has 1 heterocycles. The van der Waals surface area contributed by atoms with Gasteiger partial charge >= 0.3 is 0 Å². The van der Waals surface area contributed by atoms with Crippen molar-refractivity contribution in [3.8, 4) is 5.75 Å². The van der Waals surface area contributed by atoms with Crippen LogP contribution < -0.4 is 4.74 Å². The lowest BCUT2D eigenvalue weighted by Gasteiger charge is -2.08. The molecule has 29 heavy (non-hydrogen) atoms. The second-order valence-corrected chi connectivity index (χ2v) is 8.23. The van der Waals surface area contributed by atoms with E-state index < -0.39 is 0 Å². The molecule has 0 fully saturated rings. The zero-order chi connectivity index (χ0) is 20.6. The Morgan fingerprint density at radius 1 is 0.621 bits per heavy atom. The van der Waals surface area contributed by atoms with Gasteiger partial charge in [0.25, 0.3) is 0 Å². The van der Waals surface area contributed by atoms with Gasteiger partial charge in [-0.15, -0.1) is 0 Å². The summed E-state index contributed by atoms with van der Waals surface area (Å²) in [6.45, 7) is 5.35. The van der Waals surface area contributed by atoms with Crippen LogP contribution in [0.4, 0.5) is 0 Å². The van der Waals surface area contributed by atoms with Crippen LogP contribution in [-0.4, -0.2) is 11.6 Å². The van der Waals surface area contributed by atoms with Crippen molar-refractivity contribution in [1.82, 2.24) is 4.98 Å². The monoisotopic (exact) mass is 395 g/mol. The highest BCUT2D eigenvalue weighted by atomic mass is 16.5. The Labute approximate surface area is 179 Å². The minimum atomic E-state index is 0.835. The van der Waals surface area contributed by atoms with Crippen molar-refractivity contribution in [3.05, 3.63) is 59.4 Å². The van der Waals surface area contributed by atoms with Crippen molar-refractivity contribution < 1.29 is 4.74 Å². The average molecular weight is 396 g/mol. The van der Waals surface area contributed by atoms with Crippen LogP contribution >= 0.6 is 0 Å². The van der Waals surface area contributed by atoms with Crippen LogP contribution in [0.25, 0.3) is 0 Å². The Bertz CT molecular complexity index is 633. The molecule has 0 unspecified atom stereocenters. The Morgan fingerprint density at radius 3 is 1.93 bits per heavy atom. The lowest BCUT2D eigenvalue weighted by Crippen LogP contribution is -1.98. The van der Waals surface area contributed by atoms with Crippen LogP contribution in [0.5, 0.6) is 5.75 Å². The molecular weight excluding hydrogens is 354 g/mol. The molecule has 2 nitrogen and oxygen atoms in total. The highest BCUT2D eigenvalue weighted by Gasteiger charge is 2.00. The van der Waals surface area contributed by atoms with Crippen LogP contribution in [0, 0.1) is 0 Å². The molecule has 1 aromatic carbocycles. The molecule has 0 amide bonds. The van der Waals surface area contributed by atoms with Gasteiger partial charge in [0, 0.05) is 11.9 Å². The summed E-state index contributed by atoms with van der Waals surface area (Å²) in [4.78, 5) is 4.65. The maximum absolute atomic E-state index is 5.88. The van der Waals surface area contributed by atoms with Crippen molar-refractivity contribution in [1.29, 1.82) is 0 Å². The number of hydrogen-bond donors (Lipinski definition) is 0. The van der Waals surface area contributed by atoms with Crippen LogP contribution in [0.3, 0.4) is 0 Å². The standard InChI is InChI=1S/C27H41NO/c1-3-5-7-9-10-12-22-29-27-20-17-24(18-21-27)14-15-25-16-19-26(28-23-25)13-11-8-6-4-2/h16-21,23H,3-15,22H2,1-2H3. The fourth-order valence-corrected chi connectivity index (χ4v) is 3.60. The minimum Gasteiger partial charge on any atom is -0.494 e. The Kier molecular flexibility index (Phi) is 12.2. The van der Waals surface area contributed by atoms with E-state index in [1.807, 2.05) is 0 Å². The highest BCUT2D eigenvalue weighted by Crippen LogP contribution is 2.15. The number of aromatic nitrogens is 1. The van der Waals surface area contributed by atoms with E-state index in [-0.39, 0.29) is 0 Å². The van der Waals surface area contributed by atoms with Gasteiger partial charge in [-0.3, -0.25) is 4.98 Å². The summed E-state index contributed by atoms with van der Waals surface area (Å²) in [5.41, 5.74) is 3.92. The van der Waals surface area contributed by atoms with Gasteiger partial charge in [0.1, 0.15) is 5.75 Å². The predicted octanol–water partition coefficient (Wildman–Crippen LogP) is 7.73. The Morgan fingerprint density at radius 2 is 1.24 bits per heavy atom. The summed E-state index contributed by atoms with van der Waals surface area (Å²) in [5.74, 6) is 0.997. The minimum absolute atomic E-state index is 0.835. The molecule has 0 bridgehead atoms. The van der Waals surface area contributed by atoms with E-state index in [4.69, 9.17) is 4.74 Å². The van der Waals surface area contributed by atoms with Gasteiger partial charge in [-0.25, -0.2) is 0 Å². The van der Waals surface area contributed by atoms with Gasteiger partial charge in [-0.1, -0.05) is 83.4 Å². The topological polar surface area (TPSA) is 22.1 Å². The zero-order valence-corrected chi connectivity index (χ0v) is 18.8. The third-order valence-electron chi connectivity index (χ3n) is 5.56. The van der Waals surface area contributed by atoms with Gasteiger partial charge in [-0.05, 0) is 61.4 Å². The first-order valence-electron chi connectivity index (χ1n) is 12.0. The van der Waals surface area contributed by atoms with Gasteiger partial charge in [0.05, 0.1) is 6.61 Å². The molecule has 2 rings (SSSR count). The molecule has 2 heteroatoms. The number of unbranched alkanes of at least 4 members (excludes halogenated alkanes) is 8. The van der Waals surface area contributed by atoms with Crippen molar-refractivity contribution >= 4 is 0 Å². The third kappa shape index (κ3) is 10.5. The molecular formula is C27H41NO. The summed E-state index contributed by atoms with van der Waals surface area (Å²) >= 11 is 0. The number of benzene rings is 1. The van der Waals surface area contributed by atoms with Gasteiger partial charge in [-0.2, -0.15) is 0 Å². The number of hydrogen-bond acceptors (Lipinski definition) is 2. The molecule has 0 aliphatic rings. The second kappa shape index (κ2) is 15.1. The van der Waals surface area contributed by atoms with E-state index in [2.05, 4.69) is 61.4 Å². The van der Waals surface area contributed by atoms with Crippen molar-refractivity contribution in [2.24, 2.45) is 0 Å². The van der Waals surface area contributed by atoms with Crippen LogP contribution in [0.15, 0.2) is 42.6 Å². The molecule has 0 aliphatic heterocycles. The molecule has 2 aromatic rings. The molecule has 0 aliphatic carbocycles. The van der Waals surface area contributed by atoms with E-state index in [0.29, 0.717) is 0 Å². The van der Waals surface area contributed by atoms with Crippen LogP contribution in [0.1, 0.15) is 94.9 Å². The smallest absolute Gasteiger partial charge is 0.119 e. The lowest BCUT2D eigenvalue weighted by molar-refractivity contribution is 0.304. The molecule has 0 saturated carbocycles. The fraction of sp³-hybridized carbons (Fsp3) is 0.593. The van der Waals surface area contributed by atoms with E-state index in [9.17, 15) is 0 Å². The summed E-state index contributed by atoms with van der Waals surface area (Å²) < 4.78 is 5.88. The molecule has 0 saturated heterocycles. The van der Waals surface area contributed by atoms with Crippen LogP contribution in [0.2, 0.25) is 0 Å². The Balaban J connectivity index is 1.62. The summed E-state index contributed by atoms with van der Waals surface area (Å²) in [6, 6.07) is 13.1. The SMILES string of the molecule is CCCCCCCCOc1ccc(CCc2ccc(CCCCCC)nc2)cc1. The van der Waals surface area contributed by atoms with Crippen molar-refractivity contribution in [2.75, 3.05) is 6.61 Å². The summed E-state index contributed by atoms with van der Waals surface area (Å²) in [6.07, 6.45) is 18.3. The van der Waals surface area contributed by atoms with E-state index in [0.717, 1.165) is 38.0 Å². The van der Waals surface area contributed by atoms with Gasteiger partial charge < -0.3 is 4.74 Å². The number of aryl methyl sites for hydroxylation is 3. The fourth-order valence-electron chi connectivity index (χ4n) is 3.60. The second-order valence-electron chi connectivity index (χ2n) is 8.23. The first-order valence-corrected chi connectivity index (χ1v) is 12.0. The van der Waals surface area contributed by atoms with Gasteiger partial charge in [0.15, 0.2) is 0 Å². The molecule has 0 atom stereocenters. The molecule has 1 aromatic heterocycles. The summed E-state index contributed by atoms with van der Waals surface area (Å²) in [7, 11) is 0. The quantitative estimate of drug-likeness (QED) is 0.271. The lowest BCUT2D eigenvalue weighted by atomic mass is 10.0. The molecule has 160 valence electrons. The van der Waals surface area contributed by atoms with Crippen LogP contribution in [-0.2, 0) is 19.3 Å². The number of ether oxygens (including phenoxy) is 1. The maximum Gasteiger partial charge on any atom is 0.119 e. The van der Waals surface area contributed by atoms with Gasteiger partial charge in [0.2, 0.25) is 0 Å². The van der Waals surface area contributed by atoms with E-state index in [1.165, 1.54) is 74.6 Å². The van der Waals surface area contributed by atoms with Crippen molar-refractivity contribution in [2.45, 2.75) is 97.3 Å².